The number of anilines is 1. The van der Waals surface area contributed by atoms with E-state index in [0.717, 1.165) is 39.8 Å². The van der Waals surface area contributed by atoms with Gasteiger partial charge in [0, 0.05) is 5.56 Å². The summed E-state index contributed by atoms with van der Waals surface area (Å²) in [5.74, 6) is 0.0870. The summed E-state index contributed by atoms with van der Waals surface area (Å²) in [4.78, 5) is 25.0. The maximum atomic E-state index is 12.6. The summed E-state index contributed by atoms with van der Waals surface area (Å²) in [6.07, 6.45) is -0.963. The molecule has 0 fully saturated rings. The fourth-order valence-electron chi connectivity index (χ4n) is 4.66. The lowest BCUT2D eigenvalue weighted by atomic mass is 9.92. The molecule has 8 nitrogen and oxygen atoms in total. The van der Waals surface area contributed by atoms with Crippen molar-refractivity contribution in [2.24, 2.45) is 0 Å². The van der Waals surface area contributed by atoms with Crippen LogP contribution in [0.3, 0.4) is 0 Å². The molecule has 1 aliphatic heterocycles. The van der Waals surface area contributed by atoms with Crippen molar-refractivity contribution in [3.8, 4) is 22.5 Å². The Morgan fingerprint density at radius 3 is 2.49 bits per heavy atom. The Bertz CT molecular complexity index is 1460. The Morgan fingerprint density at radius 2 is 1.74 bits per heavy atom. The van der Waals surface area contributed by atoms with Gasteiger partial charge in [0.1, 0.15) is 17.5 Å². The first-order valence-corrected chi connectivity index (χ1v) is 12.9. The zero-order chi connectivity index (χ0) is 27.4. The van der Waals surface area contributed by atoms with Crippen LogP contribution in [-0.2, 0) is 25.4 Å². The molecular formula is C31H30N2O6. The van der Waals surface area contributed by atoms with Crippen LogP contribution in [0.25, 0.3) is 22.5 Å². The molecule has 3 aromatic carbocycles. The van der Waals surface area contributed by atoms with Gasteiger partial charge in [-0.15, -0.1) is 0 Å². The Labute approximate surface area is 226 Å². The standard InChI is InChI=1S/C31H30N2O6/c1-4-36-30(34)29-26-15-14-24(18-25(26)16-17-37-29)22-10-12-23(13-11-22)28-27(19(2)33-39-28)32-31(35)38-20(3)21-8-6-5-7-9-21/h5-15,18,20,29H,4,16-17H2,1-3H3,(H,32,35). The summed E-state index contributed by atoms with van der Waals surface area (Å²) >= 11 is 0. The van der Waals surface area contributed by atoms with E-state index in [4.69, 9.17) is 18.7 Å². The number of aryl methyl sites for hydroxylation is 1. The van der Waals surface area contributed by atoms with E-state index >= 15 is 0 Å². The minimum atomic E-state index is -0.687. The van der Waals surface area contributed by atoms with Crippen molar-refractivity contribution in [2.45, 2.75) is 39.4 Å². The molecule has 8 heteroatoms. The third-order valence-corrected chi connectivity index (χ3v) is 6.71. The highest BCUT2D eigenvalue weighted by Gasteiger charge is 2.29. The summed E-state index contributed by atoms with van der Waals surface area (Å²) < 4.78 is 22.0. The molecule has 39 heavy (non-hydrogen) atoms. The first kappa shape index (κ1) is 26.2. The number of nitrogens with one attached hydrogen (secondary N) is 1. The topological polar surface area (TPSA) is 99.9 Å². The number of hydrogen-bond acceptors (Lipinski definition) is 7. The molecule has 0 saturated carbocycles. The molecule has 0 spiro atoms. The van der Waals surface area contributed by atoms with Crippen molar-refractivity contribution in [3.05, 3.63) is 95.2 Å². The van der Waals surface area contributed by atoms with Gasteiger partial charge in [0.2, 0.25) is 0 Å². The lowest BCUT2D eigenvalue weighted by Gasteiger charge is -2.25. The maximum Gasteiger partial charge on any atom is 0.412 e. The fraction of sp³-hybridized carbons (Fsp3) is 0.258. The summed E-state index contributed by atoms with van der Waals surface area (Å²) in [6.45, 7) is 6.14. The maximum absolute atomic E-state index is 12.6. The van der Waals surface area contributed by atoms with Crippen molar-refractivity contribution >= 4 is 17.7 Å². The van der Waals surface area contributed by atoms with Gasteiger partial charge < -0.3 is 18.7 Å². The van der Waals surface area contributed by atoms with Crippen molar-refractivity contribution in [1.82, 2.24) is 5.16 Å². The molecule has 5 rings (SSSR count). The average Bonchev–Trinajstić information content (AvgIpc) is 3.32. The molecule has 1 aliphatic rings. The van der Waals surface area contributed by atoms with E-state index < -0.39 is 18.3 Å². The molecule has 2 heterocycles. The summed E-state index contributed by atoms with van der Waals surface area (Å²) in [6, 6.07) is 23.3. The van der Waals surface area contributed by atoms with E-state index in [1.165, 1.54) is 0 Å². The smallest absolute Gasteiger partial charge is 0.412 e. The predicted octanol–water partition coefficient (Wildman–Crippen LogP) is 6.80. The molecule has 1 N–H and O–H groups in total. The van der Waals surface area contributed by atoms with Gasteiger partial charge in [-0.2, -0.15) is 0 Å². The van der Waals surface area contributed by atoms with Crippen molar-refractivity contribution in [2.75, 3.05) is 18.5 Å². The third-order valence-electron chi connectivity index (χ3n) is 6.71. The van der Waals surface area contributed by atoms with Crippen LogP contribution in [0.4, 0.5) is 10.5 Å². The molecule has 2 unspecified atom stereocenters. The molecule has 0 radical (unpaired) electrons. The van der Waals surface area contributed by atoms with Crippen LogP contribution >= 0.6 is 0 Å². The number of ether oxygens (including phenoxy) is 3. The van der Waals surface area contributed by atoms with E-state index in [1.54, 1.807) is 13.8 Å². The highest BCUT2D eigenvalue weighted by atomic mass is 16.6. The molecule has 1 amide bonds. The average molecular weight is 527 g/mol. The SMILES string of the molecule is CCOC(=O)C1OCCc2cc(-c3ccc(-c4onc(C)c4NC(=O)OC(C)c4ccccc4)cc3)ccc21. The van der Waals surface area contributed by atoms with Crippen LogP contribution in [-0.4, -0.2) is 30.4 Å². The summed E-state index contributed by atoms with van der Waals surface area (Å²) in [5, 5.41) is 6.85. The number of benzene rings is 3. The third kappa shape index (κ3) is 5.71. The monoisotopic (exact) mass is 526 g/mol. The molecule has 0 saturated heterocycles. The number of amides is 1. The van der Waals surface area contributed by atoms with E-state index in [2.05, 4.69) is 16.5 Å². The van der Waals surface area contributed by atoms with Crippen LogP contribution in [0.1, 0.15) is 48.4 Å². The Balaban J connectivity index is 1.32. The number of aromatic nitrogens is 1. The van der Waals surface area contributed by atoms with Gasteiger partial charge in [0.05, 0.1) is 13.2 Å². The van der Waals surface area contributed by atoms with Crippen molar-refractivity contribution in [3.63, 3.8) is 0 Å². The van der Waals surface area contributed by atoms with Crippen LogP contribution in [0.2, 0.25) is 0 Å². The number of carbonyl (C=O) groups is 2. The largest absolute Gasteiger partial charge is 0.464 e. The Morgan fingerprint density at radius 1 is 1.03 bits per heavy atom. The van der Waals surface area contributed by atoms with Gasteiger partial charge in [0.25, 0.3) is 0 Å². The zero-order valence-corrected chi connectivity index (χ0v) is 22.1. The lowest BCUT2D eigenvalue weighted by Crippen LogP contribution is -2.25. The van der Waals surface area contributed by atoms with E-state index in [1.807, 2.05) is 73.7 Å². The van der Waals surface area contributed by atoms with E-state index in [-0.39, 0.29) is 5.97 Å². The van der Waals surface area contributed by atoms with Crippen molar-refractivity contribution < 1.29 is 28.3 Å². The minimum Gasteiger partial charge on any atom is -0.464 e. The van der Waals surface area contributed by atoms with Crippen molar-refractivity contribution in [1.29, 1.82) is 0 Å². The second kappa shape index (κ2) is 11.5. The number of hydrogen-bond donors (Lipinski definition) is 1. The van der Waals surface area contributed by atoms with Gasteiger partial charge >= 0.3 is 12.1 Å². The quantitative estimate of drug-likeness (QED) is 0.264. The molecule has 1 aromatic heterocycles. The first-order valence-electron chi connectivity index (χ1n) is 12.9. The van der Waals surface area contributed by atoms with Gasteiger partial charge in [-0.25, -0.2) is 9.59 Å². The van der Waals surface area contributed by atoms with Crippen LogP contribution in [0.15, 0.2) is 77.3 Å². The van der Waals surface area contributed by atoms with Crippen LogP contribution in [0, 0.1) is 6.92 Å². The number of rotatable bonds is 7. The number of esters is 1. The fourth-order valence-corrected chi connectivity index (χ4v) is 4.66. The summed E-state index contributed by atoms with van der Waals surface area (Å²) in [5.41, 5.74) is 6.62. The molecular weight excluding hydrogens is 496 g/mol. The van der Waals surface area contributed by atoms with Gasteiger partial charge in [0.15, 0.2) is 11.9 Å². The van der Waals surface area contributed by atoms with Gasteiger partial charge in [-0.1, -0.05) is 78.0 Å². The first-order chi connectivity index (χ1) is 18.9. The highest BCUT2D eigenvalue weighted by molar-refractivity contribution is 5.91. The predicted molar refractivity (Wildman–Crippen MR) is 146 cm³/mol. The molecule has 0 bridgehead atoms. The van der Waals surface area contributed by atoms with Gasteiger partial charge in [-0.05, 0) is 55.0 Å². The van der Waals surface area contributed by atoms with E-state index in [0.29, 0.717) is 30.4 Å². The van der Waals surface area contributed by atoms with E-state index in [9.17, 15) is 9.59 Å². The lowest BCUT2D eigenvalue weighted by molar-refractivity contribution is -0.158. The minimum absolute atomic E-state index is 0.314. The Kier molecular flexibility index (Phi) is 7.74. The summed E-state index contributed by atoms with van der Waals surface area (Å²) in [7, 11) is 0. The molecule has 4 aromatic rings. The number of carbonyl (C=O) groups excluding carboxylic acids is 2. The van der Waals surface area contributed by atoms with Crippen LogP contribution in [0.5, 0.6) is 0 Å². The van der Waals surface area contributed by atoms with Crippen LogP contribution < -0.4 is 5.32 Å². The zero-order valence-electron chi connectivity index (χ0n) is 22.1. The second-order valence-electron chi connectivity index (χ2n) is 9.30. The molecule has 2 atom stereocenters. The highest BCUT2D eigenvalue weighted by Crippen LogP contribution is 2.35. The normalized spacial score (nSPS) is 15.2. The molecule has 200 valence electrons. The molecule has 0 aliphatic carbocycles. The second-order valence-corrected chi connectivity index (χ2v) is 9.30. The number of nitrogens with zero attached hydrogens (tertiary/aromatic N) is 1. The Hall–Kier alpha value is -4.43. The number of fused-ring (bicyclic) bond motifs is 1. The van der Waals surface area contributed by atoms with Gasteiger partial charge in [-0.3, -0.25) is 5.32 Å².